The average molecular weight is 428 g/mol. The summed E-state index contributed by atoms with van der Waals surface area (Å²) in [6.07, 6.45) is 0. The van der Waals surface area contributed by atoms with Gasteiger partial charge in [-0.1, -0.05) is 11.2 Å². The number of H-pyrrole nitrogens is 1. The van der Waals surface area contributed by atoms with Crippen LogP contribution in [0.3, 0.4) is 0 Å². The first-order chi connectivity index (χ1) is 14.2. The molecule has 7 nitrogen and oxygen atoms in total. The molecule has 0 atom stereocenters. The molecule has 1 aliphatic heterocycles. The molecule has 0 radical (unpaired) electrons. The average Bonchev–Trinajstić information content (AvgIpc) is 3.44. The van der Waals surface area contributed by atoms with Crippen molar-refractivity contribution in [1.29, 1.82) is 0 Å². The molecule has 4 aromatic rings. The lowest BCUT2D eigenvalue weighted by Gasteiger charge is -2.33. The number of rotatable bonds is 5. The van der Waals surface area contributed by atoms with E-state index in [1.165, 1.54) is 11.3 Å². The van der Waals surface area contributed by atoms with Gasteiger partial charge in [0.1, 0.15) is 16.4 Å². The number of piperazine rings is 1. The molecule has 0 aromatic carbocycles. The largest absolute Gasteiger partial charge is 0.361 e. The van der Waals surface area contributed by atoms with Gasteiger partial charge in [0.25, 0.3) is 5.56 Å². The summed E-state index contributed by atoms with van der Waals surface area (Å²) in [5.41, 5.74) is 1.92. The molecule has 1 aliphatic rings. The Morgan fingerprint density at radius 3 is 2.66 bits per heavy atom. The summed E-state index contributed by atoms with van der Waals surface area (Å²) in [6.45, 7) is 7.17. The van der Waals surface area contributed by atoms with Crippen LogP contribution in [0.4, 0.5) is 0 Å². The molecule has 9 heteroatoms. The van der Waals surface area contributed by atoms with Crippen molar-refractivity contribution in [2.75, 3.05) is 26.2 Å². The highest BCUT2D eigenvalue weighted by Gasteiger charge is 2.20. The van der Waals surface area contributed by atoms with E-state index < -0.39 is 0 Å². The number of aromatic amines is 1. The van der Waals surface area contributed by atoms with Crippen LogP contribution in [0.15, 0.2) is 38.3 Å². The number of hydrogen-bond donors (Lipinski definition) is 1. The van der Waals surface area contributed by atoms with Gasteiger partial charge in [-0.05, 0) is 18.4 Å². The topological polar surface area (TPSA) is 78.3 Å². The van der Waals surface area contributed by atoms with Crippen molar-refractivity contribution in [2.24, 2.45) is 0 Å². The molecule has 4 aromatic heterocycles. The molecule has 1 fully saturated rings. The van der Waals surface area contributed by atoms with Crippen LogP contribution in [0.2, 0.25) is 0 Å². The molecule has 1 N–H and O–H groups in total. The summed E-state index contributed by atoms with van der Waals surface area (Å²) in [6, 6.07) is 6.03. The Hall–Kier alpha value is -2.33. The quantitative estimate of drug-likeness (QED) is 0.526. The summed E-state index contributed by atoms with van der Waals surface area (Å²) in [7, 11) is 0. The fraction of sp³-hybridized carbons (Fsp3) is 0.350. The Kier molecular flexibility index (Phi) is 5.04. The zero-order valence-corrected chi connectivity index (χ0v) is 17.7. The summed E-state index contributed by atoms with van der Waals surface area (Å²) in [4.78, 5) is 27.1. The summed E-state index contributed by atoms with van der Waals surface area (Å²) >= 11 is 3.18. The predicted molar refractivity (Wildman–Crippen MR) is 115 cm³/mol. The van der Waals surface area contributed by atoms with E-state index in [0.29, 0.717) is 11.9 Å². The van der Waals surface area contributed by atoms with Gasteiger partial charge in [-0.2, -0.15) is 0 Å². The van der Waals surface area contributed by atoms with Crippen molar-refractivity contribution in [2.45, 2.75) is 20.0 Å². The first kappa shape index (κ1) is 18.7. The van der Waals surface area contributed by atoms with Gasteiger partial charge in [0.15, 0.2) is 0 Å². The van der Waals surface area contributed by atoms with Gasteiger partial charge in [-0.25, -0.2) is 4.98 Å². The minimum Gasteiger partial charge on any atom is -0.361 e. The SMILES string of the molecule is Cc1cc(CN2CCN(Cc3nc4scc(-c5cccs5)c4c(=O)[nH]3)CC2)no1. The smallest absolute Gasteiger partial charge is 0.260 e. The second-order valence-corrected chi connectivity index (χ2v) is 9.11. The Morgan fingerprint density at radius 2 is 1.97 bits per heavy atom. The van der Waals surface area contributed by atoms with E-state index in [2.05, 4.69) is 19.9 Å². The summed E-state index contributed by atoms with van der Waals surface area (Å²) < 4.78 is 5.15. The fourth-order valence-corrected chi connectivity index (χ4v) is 5.50. The van der Waals surface area contributed by atoms with Crippen LogP contribution in [-0.2, 0) is 13.1 Å². The molecule has 0 aliphatic carbocycles. The number of nitrogens with zero attached hydrogens (tertiary/aromatic N) is 4. The second kappa shape index (κ2) is 7.83. The maximum Gasteiger partial charge on any atom is 0.260 e. The Morgan fingerprint density at radius 1 is 1.17 bits per heavy atom. The van der Waals surface area contributed by atoms with E-state index in [-0.39, 0.29) is 5.56 Å². The van der Waals surface area contributed by atoms with Gasteiger partial charge >= 0.3 is 0 Å². The lowest BCUT2D eigenvalue weighted by atomic mass is 10.2. The number of fused-ring (bicyclic) bond motifs is 1. The van der Waals surface area contributed by atoms with Gasteiger partial charge in [0.05, 0.1) is 17.6 Å². The van der Waals surface area contributed by atoms with E-state index in [1.54, 1.807) is 11.3 Å². The van der Waals surface area contributed by atoms with Crippen LogP contribution in [-0.4, -0.2) is 51.1 Å². The third-order valence-electron chi connectivity index (χ3n) is 5.18. The molecule has 0 saturated carbocycles. The van der Waals surface area contributed by atoms with Crippen LogP contribution in [0.1, 0.15) is 17.3 Å². The fourth-order valence-electron chi connectivity index (χ4n) is 3.72. The highest BCUT2D eigenvalue weighted by atomic mass is 32.1. The van der Waals surface area contributed by atoms with Crippen LogP contribution < -0.4 is 5.56 Å². The van der Waals surface area contributed by atoms with Crippen molar-refractivity contribution in [3.63, 3.8) is 0 Å². The van der Waals surface area contributed by atoms with Crippen molar-refractivity contribution >= 4 is 32.9 Å². The minimum atomic E-state index is -0.0466. The lowest BCUT2D eigenvalue weighted by molar-refractivity contribution is 0.118. The third kappa shape index (κ3) is 3.91. The maximum atomic E-state index is 12.7. The van der Waals surface area contributed by atoms with Gasteiger partial charge < -0.3 is 9.51 Å². The van der Waals surface area contributed by atoms with Gasteiger partial charge in [-0.3, -0.25) is 14.6 Å². The monoisotopic (exact) mass is 427 g/mol. The zero-order valence-electron chi connectivity index (χ0n) is 16.1. The van der Waals surface area contributed by atoms with Gasteiger partial charge in [0, 0.05) is 54.6 Å². The predicted octanol–water partition coefficient (Wildman–Crippen LogP) is 3.33. The number of aromatic nitrogens is 3. The Labute approximate surface area is 175 Å². The molecule has 5 heterocycles. The molecule has 0 amide bonds. The molecule has 0 unspecified atom stereocenters. The molecule has 5 rings (SSSR count). The maximum absolute atomic E-state index is 12.7. The normalized spacial score (nSPS) is 16.0. The Bertz CT molecular complexity index is 1170. The first-order valence-electron chi connectivity index (χ1n) is 9.57. The summed E-state index contributed by atoms with van der Waals surface area (Å²) in [5, 5.41) is 8.84. The van der Waals surface area contributed by atoms with Crippen molar-refractivity contribution in [3.05, 3.63) is 56.6 Å². The third-order valence-corrected chi connectivity index (χ3v) is 6.96. The van der Waals surface area contributed by atoms with Crippen LogP contribution >= 0.6 is 22.7 Å². The molecular formula is C20H21N5O2S2. The summed E-state index contributed by atoms with van der Waals surface area (Å²) in [5.74, 6) is 1.59. The number of hydrogen-bond acceptors (Lipinski definition) is 8. The van der Waals surface area contributed by atoms with Crippen molar-refractivity contribution < 1.29 is 4.52 Å². The Balaban J connectivity index is 1.26. The zero-order chi connectivity index (χ0) is 19.8. The van der Waals surface area contributed by atoms with Crippen LogP contribution in [0.25, 0.3) is 20.7 Å². The van der Waals surface area contributed by atoms with Crippen LogP contribution in [0.5, 0.6) is 0 Å². The van der Waals surface area contributed by atoms with E-state index in [0.717, 1.165) is 65.3 Å². The van der Waals surface area contributed by atoms with E-state index in [4.69, 9.17) is 9.51 Å². The van der Waals surface area contributed by atoms with Crippen LogP contribution in [0, 0.1) is 6.92 Å². The molecule has 0 spiro atoms. The number of thiophene rings is 2. The van der Waals surface area contributed by atoms with E-state index in [9.17, 15) is 4.79 Å². The van der Waals surface area contributed by atoms with Crippen molar-refractivity contribution in [1.82, 2.24) is 24.9 Å². The van der Waals surface area contributed by atoms with Crippen molar-refractivity contribution in [3.8, 4) is 10.4 Å². The lowest BCUT2D eigenvalue weighted by Crippen LogP contribution is -2.45. The van der Waals surface area contributed by atoms with Gasteiger partial charge in [0.2, 0.25) is 0 Å². The van der Waals surface area contributed by atoms with E-state index in [1.807, 2.05) is 35.9 Å². The molecular weight excluding hydrogens is 406 g/mol. The number of nitrogens with one attached hydrogen (secondary N) is 1. The molecule has 0 bridgehead atoms. The second-order valence-electron chi connectivity index (χ2n) is 7.30. The molecule has 150 valence electrons. The molecule has 29 heavy (non-hydrogen) atoms. The van der Waals surface area contributed by atoms with Gasteiger partial charge in [-0.15, -0.1) is 22.7 Å². The molecule has 1 saturated heterocycles. The first-order valence-corrected chi connectivity index (χ1v) is 11.3. The number of aryl methyl sites for hydroxylation is 1. The minimum absolute atomic E-state index is 0.0466. The standard InChI is InChI=1S/C20H21N5O2S2/c1-13-9-14(23-27-13)10-24-4-6-25(7-5-24)11-17-21-19(26)18-15(12-29-20(18)22-17)16-3-2-8-28-16/h2-3,8-9,12H,4-7,10-11H2,1H3,(H,21,22,26). The highest BCUT2D eigenvalue weighted by molar-refractivity contribution is 7.18. The highest BCUT2D eigenvalue weighted by Crippen LogP contribution is 2.33. The van der Waals surface area contributed by atoms with E-state index >= 15 is 0 Å².